The first-order valence-corrected chi connectivity index (χ1v) is 9.81. The molecular weight excluding hydrogens is 392 g/mol. The molecule has 2 aromatic rings. The number of carbonyl (C=O) groups is 3. The summed E-state index contributed by atoms with van der Waals surface area (Å²) in [5.41, 5.74) is 0.901. The fourth-order valence-corrected chi connectivity index (χ4v) is 4.10. The zero-order chi connectivity index (χ0) is 20.3. The molecule has 8 nitrogen and oxygen atoms in total. The van der Waals surface area contributed by atoms with E-state index in [9.17, 15) is 19.2 Å². The number of H-pyrrole nitrogens is 1. The summed E-state index contributed by atoms with van der Waals surface area (Å²) in [6.07, 6.45) is -0.331. The summed E-state index contributed by atoms with van der Waals surface area (Å²) in [6.45, 7) is 8.43. The van der Waals surface area contributed by atoms with Crippen LogP contribution in [0.1, 0.15) is 61.7 Å². The van der Waals surface area contributed by atoms with Gasteiger partial charge in [-0.2, -0.15) is 0 Å². The quantitative estimate of drug-likeness (QED) is 0.705. The Morgan fingerprint density at radius 3 is 2.30 bits per heavy atom. The molecule has 0 atom stereocenters. The average Bonchev–Trinajstić information content (AvgIpc) is 3.06. The Morgan fingerprint density at radius 2 is 1.78 bits per heavy atom. The standard InChI is InChI=1S/C17H20N2O6S2/c1-6-24-15(21)10-8(4)11(16(22)25-7(2)3)26-14(10)19-13(20)12-9(5)18-17(23)27-12/h7H,6H2,1-5H3,(H,18,23)(H,19,20). The molecule has 0 saturated carbocycles. The number of ether oxygens (including phenoxy) is 2. The number of hydrogen-bond acceptors (Lipinski definition) is 8. The molecule has 146 valence electrons. The number of rotatable bonds is 6. The third kappa shape index (κ3) is 4.64. The molecule has 27 heavy (non-hydrogen) atoms. The van der Waals surface area contributed by atoms with Gasteiger partial charge >= 0.3 is 16.8 Å². The number of thiophene rings is 1. The Hall–Kier alpha value is -2.46. The lowest BCUT2D eigenvalue weighted by atomic mass is 10.1. The Balaban J connectivity index is 2.45. The van der Waals surface area contributed by atoms with Gasteiger partial charge in [0.2, 0.25) is 0 Å². The third-order valence-electron chi connectivity index (χ3n) is 3.41. The van der Waals surface area contributed by atoms with Gasteiger partial charge in [-0.15, -0.1) is 11.3 Å². The largest absolute Gasteiger partial charge is 0.462 e. The van der Waals surface area contributed by atoms with Gasteiger partial charge in [-0.3, -0.25) is 9.59 Å². The summed E-state index contributed by atoms with van der Waals surface area (Å²) >= 11 is 1.70. The molecule has 2 aromatic heterocycles. The maximum Gasteiger partial charge on any atom is 0.348 e. The number of aryl methyl sites for hydroxylation is 1. The van der Waals surface area contributed by atoms with Crippen molar-refractivity contribution in [2.24, 2.45) is 0 Å². The van der Waals surface area contributed by atoms with E-state index in [1.807, 2.05) is 0 Å². The predicted molar refractivity (Wildman–Crippen MR) is 103 cm³/mol. The molecule has 2 heterocycles. The highest BCUT2D eigenvalue weighted by molar-refractivity contribution is 7.19. The number of amides is 1. The molecule has 0 aliphatic rings. The molecule has 0 aliphatic carbocycles. The Labute approximate surface area is 163 Å². The number of esters is 2. The topological polar surface area (TPSA) is 115 Å². The number of carbonyl (C=O) groups excluding carboxylic acids is 3. The van der Waals surface area contributed by atoms with Gasteiger partial charge in [0.05, 0.1) is 18.3 Å². The number of hydrogen-bond donors (Lipinski definition) is 2. The number of thiazole rings is 1. The first kappa shape index (κ1) is 20.8. The second kappa shape index (κ2) is 8.49. The summed E-state index contributed by atoms with van der Waals surface area (Å²) in [5.74, 6) is -1.78. The van der Waals surface area contributed by atoms with E-state index < -0.39 is 17.8 Å². The SMILES string of the molecule is CCOC(=O)c1c(NC(=O)c2sc(=O)[nH]c2C)sc(C(=O)OC(C)C)c1C. The van der Waals surface area contributed by atoms with Gasteiger partial charge in [-0.25, -0.2) is 9.59 Å². The van der Waals surface area contributed by atoms with Gasteiger partial charge in [-0.05, 0) is 40.2 Å². The first-order valence-electron chi connectivity index (χ1n) is 8.18. The Morgan fingerprint density at radius 1 is 1.11 bits per heavy atom. The van der Waals surface area contributed by atoms with E-state index in [1.165, 1.54) is 0 Å². The van der Waals surface area contributed by atoms with E-state index in [0.29, 0.717) is 11.3 Å². The minimum atomic E-state index is -0.649. The summed E-state index contributed by atoms with van der Waals surface area (Å²) in [7, 11) is 0. The van der Waals surface area contributed by atoms with Gasteiger partial charge in [0.25, 0.3) is 5.91 Å². The summed E-state index contributed by atoms with van der Waals surface area (Å²) in [6, 6.07) is 0. The van der Waals surface area contributed by atoms with Crippen molar-refractivity contribution in [3.05, 3.63) is 36.2 Å². The summed E-state index contributed by atoms with van der Waals surface area (Å²) < 4.78 is 10.2. The first-order chi connectivity index (χ1) is 12.6. The monoisotopic (exact) mass is 412 g/mol. The van der Waals surface area contributed by atoms with E-state index in [2.05, 4.69) is 10.3 Å². The van der Waals surface area contributed by atoms with Crippen LogP contribution >= 0.6 is 22.7 Å². The smallest absolute Gasteiger partial charge is 0.348 e. The molecule has 0 unspecified atom stereocenters. The maximum absolute atomic E-state index is 12.5. The molecular formula is C17H20N2O6S2. The lowest BCUT2D eigenvalue weighted by molar-refractivity contribution is 0.0383. The molecule has 0 saturated heterocycles. The minimum absolute atomic E-state index is 0.103. The fourth-order valence-electron chi connectivity index (χ4n) is 2.29. The number of aromatic amines is 1. The second-order valence-electron chi connectivity index (χ2n) is 5.86. The molecule has 0 aliphatic heterocycles. The molecule has 0 spiro atoms. The van der Waals surface area contributed by atoms with Crippen LogP contribution in [0, 0.1) is 13.8 Å². The number of aromatic nitrogens is 1. The van der Waals surface area contributed by atoms with E-state index in [4.69, 9.17) is 9.47 Å². The van der Waals surface area contributed by atoms with Crippen LogP contribution in [-0.4, -0.2) is 35.5 Å². The lowest BCUT2D eigenvalue weighted by Gasteiger charge is -2.07. The lowest BCUT2D eigenvalue weighted by Crippen LogP contribution is -2.15. The molecule has 0 bridgehead atoms. The van der Waals surface area contributed by atoms with Crippen molar-refractivity contribution < 1.29 is 23.9 Å². The number of anilines is 1. The second-order valence-corrected chi connectivity index (χ2v) is 7.86. The van der Waals surface area contributed by atoms with Crippen molar-refractivity contribution >= 4 is 45.5 Å². The van der Waals surface area contributed by atoms with Crippen molar-refractivity contribution in [1.82, 2.24) is 4.98 Å². The summed E-state index contributed by atoms with van der Waals surface area (Å²) in [5, 5.41) is 2.79. The molecule has 1 amide bonds. The Kier molecular flexibility index (Phi) is 6.55. The van der Waals surface area contributed by atoms with Crippen molar-refractivity contribution in [2.45, 2.75) is 40.7 Å². The molecule has 10 heteroatoms. The van der Waals surface area contributed by atoms with Crippen LogP contribution in [0.15, 0.2) is 4.79 Å². The highest BCUT2D eigenvalue weighted by Crippen LogP contribution is 2.35. The normalized spacial score (nSPS) is 10.7. The molecule has 0 aromatic carbocycles. The predicted octanol–water partition coefficient (Wildman–Crippen LogP) is 3.11. The van der Waals surface area contributed by atoms with E-state index in [1.54, 1.807) is 34.6 Å². The molecule has 2 rings (SSSR count). The Bertz CT molecular complexity index is 938. The highest BCUT2D eigenvalue weighted by Gasteiger charge is 2.28. The van der Waals surface area contributed by atoms with Crippen LogP contribution < -0.4 is 10.2 Å². The zero-order valence-corrected chi connectivity index (χ0v) is 17.2. The fraction of sp³-hybridized carbons (Fsp3) is 0.412. The van der Waals surface area contributed by atoms with Crippen LogP contribution in [0.4, 0.5) is 5.00 Å². The third-order valence-corrected chi connectivity index (χ3v) is 5.58. The number of nitrogens with one attached hydrogen (secondary N) is 2. The van der Waals surface area contributed by atoms with Crippen LogP contribution in [0.5, 0.6) is 0 Å². The minimum Gasteiger partial charge on any atom is -0.462 e. The van der Waals surface area contributed by atoms with E-state index in [0.717, 1.165) is 22.7 Å². The van der Waals surface area contributed by atoms with Crippen LogP contribution in [-0.2, 0) is 9.47 Å². The van der Waals surface area contributed by atoms with Crippen molar-refractivity contribution in [3.63, 3.8) is 0 Å². The van der Waals surface area contributed by atoms with Gasteiger partial charge in [-0.1, -0.05) is 11.3 Å². The van der Waals surface area contributed by atoms with E-state index in [-0.39, 0.29) is 37.9 Å². The van der Waals surface area contributed by atoms with Gasteiger partial charge in [0, 0.05) is 5.69 Å². The maximum atomic E-state index is 12.5. The van der Waals surface area contributed by atoms with Crippen LogP contribution in [0.2, 0.25) is 0 Å². The van der Waals surface area contributed by atoms with Crippen molar-refractivity contribution in [1.29, 1.82) is 0 Å². The zero-order valence-electron chi connectivity index (χ0n) is 15.6. The van der Waals surface area contributed by atoms with Crippen molar-refractivity contribution in [3.8, 4) is 0 Å². The highest BCUT2D eigenvalue weighted by atomic mass is 32.1. The average molecular weight is 412 g/mol. The summed E-state index contributed by atoms with van der Waals surface area (Å²) in [4.78, 5) is 51.2. The van der Waals surface area contributed by atoms with Gasteiger partial charge in [0.1, 0.15) is 14.8 Å². The van der Waals surface area contributed by atoms with Crippen LogP contribution in [0.3, 0.4) is 0 Å². The molecule has 0 fully saturated rings. The van der Waals surface area contributed by atoms with Gasteiger partial charge < -0.3 is 19.8 Å². The van der Waals surface area contributed by atoms with Crippen LogP contribution in [0.25, 0.3) is 0 Å². The molecule has 0 radical (unpaired) electrons. The molecule has 2 N–H and O–H groups in total. The van der Waals surface area contributed by atoms with E-state index >= 15 is 0 Å². The van der Waals surface area contributed by atoms with Gasteiger partial charge in [0.15, 0.2) is 0 Å². The van der Waals surface area contributed by atoms with Crippen molar-refractivity contribution in [2.75, 3.05) is 11.9 Å².